The molecule has 0 aliphatic heterocycles. The first-order chi connectivity index (χ1) is 13.1. The first kappa shape index (κ1) is 17.5. The van der Waals surface area contributed by atoms with Gasteiger partial charge in [0.2, 0.25) is 0 Å². The maximum absolute atomic E-state index is 4.91. The summed E-state index contributed by atoms with van der Waals surface area (Å²) in [4.78, 5) is 15.3. The molecule has 0 spiro atoms. The number of nitrogens with zero attached hydrogens (tertiary/aromatic N) is 3. The molecule has 0 unspecified atom stereocenters. The number of nitrogens with one attached hydrogen (secondary N) is 2. The van der Waals surface area contributed by atoms with Crippen molar-refractivity contribution in [3.63, 3.8) is 0 Å². The van der Waals surface area contributed by atoms with Crippen molar-refractivity contribution >= 4 is 27.6 Å². The zero-order valence-corrected chi connectivity index (χ0v) is 16.1. The average molecular weight is 359 g/mol. The topological polar surface area (TPSA) is 56.8 Å². The first-order valence-electron chi connectivity index (χ1n) is 9.36. The number of hydrogen-bond acceptors (Lipinski definition) is 4. The van der Waals surface area contributed by atoms with Gasteiger partial charge < -0.3 is 15.2 Å². The fourth-order valence-corrected chi connectivity index (χ4v) is 3.41. The van der Waals surface area contributed by atoms with Crippen molar-refractivity contribution in [2.75, 3.05) is 32.5 Å². The summed E-state index contributed by atoms with van der Waals surface area (Å²) in [5.74, 6) is 1.66. The van der Waals surface area contributed by atoms with Crippen LogP contribution < -0.4 is 5.32 Å². The Bertz CT molecular complexity index is 1080. The normalized spacial score (nSPS) is 11.6. The van der Waals surface area contributed by atoms with Gasteiger partial charge in [-0.2, -0.15) is 0 Å². The van der Waals surface area contributed by atoms with E-state index in [4.69, 9.17) is 9.97 Å². The molecular formula is C22H25N5. The summed E-state index contributed by atoms with van der Waals surface area (Å²) in [5, 5.41) is 5.75. The van der Waals surface area contributed by atoms with Gasteiger partial charge in [-0.15, -0.1) is 0 Å². The maximum atomic E-state index is 4.91. The summed E-state index contributed by atoms with van der Waals surface area (Å²) in [6.45, 7) is 4.03. The molecule has 4 aromatic rings. The molecule has 0 radical (unpaired) electrons. The Hall–Kier alpha value is -2.92. The third-order valence-electron chi connectivity index (χ3n) is 4.83. The third-order valence-corrected chi connectivity index (χ3v) is 4.83. The molecule has 2 heterocycles. The molecule has 2 aromatic heterocycles. The maximum Gasteiger partial charge on any atom is 0.164 e. The number of H-pyrrole nitrogens is 1. The first-order valence-corrected chi connectivity index (χ1v) is 9.36. The number of benzene rings is 2. The van der Waals surface area contributed by atoms with E-state index in [9.17, 15) is 0 Å². The molecule has 0 atom stereocenters. The van der Waals surface area contributed by atoms with E-state index < -0.39 is 0 Å². The second-order valence-corrected chi connectivity index (χ2v) is 7.20. The summed E-state index contributed by atoms with van der Waals surface area (Å²) in [6, 6.07) is 14.5. The van der Waals surface area contributed by atoms with Crippen molar-refractivity contribution in [1.82, 2.24) is 19.9 Å². The summed E-state index contributed by atoms with van der Waals surface area (Å²) in [5.41, 5.74) is 4.30. The van der Waals surface area contributed by atoms with E-state index in [0.717, 1.165) is 64.1 Å². The molecule has 2 N–H and O–H groups in total. The van der Waals surface area contributed by atoms with Gasteiger partial charge >= 0.3 is 0 Å². The van der Waals surface area contributed by atoms with Crippen LogP contribution in [0.3, 0.4) is 0 Å². The molecule has 0 fully saturated rings. The monoisotopic (exact) mass is 359 g/mol. The molecule has 5 nitrogen and oxygen atoms in total. The van der Waals surface area contributed by atoms with E-state index >= 15 is 0 Å². The van der Waals surface area contributed by atoms with Crippen LogP contribution in [-0.2, 0) is 0 Å². The minimum Gasteiger partial charge on any atom is -0.369 e. The van der Waals surface area contributed by atoms with Gasteiger partial charge in [-0.25, -0.2) is 9.97 Å². The second kappa shape index (κ2) is 7.37. The van der Waals surface area contributed by atoms with Crippen LogP contribution in [0.25, 0.3) is 33.2 Å². The van der Waals surface area contributed by atoms with Crippen molar-refractivity contribution < 1.29 is 0 Å². The number of hydrogen-bond donors (Lipinski definition) is 2. The van der Waals surface area contributed by atoms with Gasteiger partial charge in [0.1, 0.15) is 5.82 Å². The largest absolute Gasteiger partial charge is 0.369 e. The molecule has 5 heteroatoms. The van der Waals surface area contributed by atoms with Crippen molar-refractivity contribution in [3.8, 4) is 11.4 Å². The minimum atomic E-state index is 0.754. The highest BCUT2D eigenvalue weighted by atomic mass is 15.1. The van der Waals surface area contributed by atoms with Crippen LogP contribution in [0.5, 0.6) is 0 Å². The molecule has 138 valence electrons. The van der Waals surface area contributed by atoms with E-state index in [1.807, 2.05) is 18.3 Å². The van der Waals surface area contributed by atoms with Gasteiger partial charge in [0.25, 0.3) is 0 Å². The molecule has 27 heavy (non-hydrogen) atoms. The molecule has 0 saturated heterocycles. The molecule has 0 aliphatic rings. The lowest BCUT2D eigenvalue weighted by Gasteiger charge is -2.13. The molecule has 0 bridgehead atoms. The van der Waals surface area contributed by atoms with Crippen LogP contribution in [0.2, 0.25) is 0 Å². The van der Waals surface area contributed by atoms with Gasteiger partial charge in [0.05, 0.1) is 5.52 Å². The van der Waals surface area contributed by atoms with Crippen molar-refractivity contribution in [2.45, 2.75) is 13.3 Å². The Morgan fingerprint density at radius 2 is 1.81 bits per heavy atom. The van der Waals surface area contributed by atoms with Crippen LogP contribution in [0.4, 0.5) is 5.82 Å². The van der Waals surface area contributed by atoms with Gasteiger partial charge in [-0.1, -0.05) is 30.3 Å². The Labute approximate surface area is 159 Å². The summed E-state index contributed by atoms with van der Waals surface area (Å²) < 4.78 is 0. The van der Waals surface area contributed by atoms with E-state index in [1.54, 1.807) is 0 Å². The number of para-hydroxylation sites is 2. The second-order valence-electron chi connectivity index (χ2n) is 7.20. The van der Waals surface area contributed by atoms with Crippen LogP contribution in [-0.4, -0.2) is 47.0 Å². The minimum absolute atomic E-state index is 0.754. The van der Waals surface area contributed by atoms with Gasteiger partial charge in [0, 0.05) is 34.6 Å². The predicted octanol–water partition coefficient (Wildman–Crippen LogP) is 4.45. The average Bonchev–Trinajstić information content (AvgIpc) is 3.09. The van der Waals surface area contributed by atoms with Crippen molar-refractivity contribution in [2.24, 2.45) is 0 Å². The van der Waals surface area contributed by atoms with Gasteiger partial charge in [-0.05, 0) is 51.7 Å². The summed E-state index contributed by atoms with van der Waals surface area (Å²) in [6.07, 6.45) is 3.06. The molecule has 4 rings (SSSR count). The number of aryl methyl sites for hydroxylation is 1. The number of rotatable bonds is 6. The van der Waals surface area contributed by atoms with E-state index in [0.29, 0.717) is 0 Å². The highest BCUT2D eigenvalue weighted by Crippen LogP contribution is 2.30. The van der Waals surface area contributed by atoms with Crippen LogP contribution in [0, 0.1) is 6.92 Å². The Morgan fingerprint density at radius 1 is 1.00 bits per heavy atom. The molecular weight excluding hydrogens is 334 g/mol. The number of aromatic amines is 1. The van der Waals surface area contributed by atoms with Gasteiger partial charge in [0.15, 0.2) is 5.82 Å². The highest BCUT2D eigenvalue weighted by molar-refractivity contribution is 5.97. The lowest BCUT2D eigenvalue weighted by atomic mass is 10.1. The number of anilines is 1. The van der Waals surface area contributed by atoms with Crippen LogP contribution in [0.15, 0.2) is 48.7 Å². The third kappa shape index (κ3) is 3.51. The Morgan fingerprint density at radius 3 is 2.67 bits per heavy atom. The molecule has 0 aliphatic carbocycles. The van der Waals surface area contributed by atoms with Gasteiger partial charge in [-0.3, -0.25) is 0 Å². The number of fused-ring (bicyclic) bond motifs is 2. The number of aromatic nitrogens is 3. The van der Waals surface area contributed by atoms with E-state index in [-0.39, 0.29) is 0 Å². The molecule has 0 saturated carbocycles. The predicted molar refractivity (Wildman–Crippen MR) is 113 cm³/mol. The molecule has 2 aromatic carbocycles. The lowest BCUT2D eigenvalue weighted by Crippen LogP contribution is -2.17. The lowest BCUT2D eigenvalue weighted by molar-refractivity contribution is 0.405. The smallest absolute Gasteiger partial charge is 0.164 e. The summed E-state index contributed by atoms with van der Waals surface area (Å²) in [7, 11) is 4.19. The standard InChI is InChI=1S/C22H25N5/c1-15-8-6-10-17-20(15)25-22(26-21(17)23-12-7-13-27(2)3)18-14-24-19-11-5-4-9-16(18)19/h4-6,8-11,14,24H,7,12-13H2,1-3H3,(H,23,25,26). The van der Waals surface area contributed by atoms with Crippen molar-refractivity contribution in [3.05, 3.63) is 54.2 Å². The fourth-order valence-electron chi connectivity index (χ4n) is 3.41. The van der Waals surface area contributed by atoms with Crippen LogP contribution >= 0.6 is 0 Å². The fraction of sp³-hybridized carbons (Fsp3) is 0.273. The Balaban J connectivity index is 1.78. The van der Waals surface area contributed by atoms with Crippen LogP contribution in [0.1, 0.15) is 12.0 Å². The van der Waals surface area contributed by atoms with Crippen molar-refractivity contribution in [1.29, 1.82) is 0 Å². The van der Waals surface area contributed by atoms with E-state index in [2.05, 4.69) is 66.6 Å². The Kier molecular flexibility index (Phi) is 4.77. The highest BCUT2D eigenvalue weighted by Gasteiger charge is 2.13. The zero-order chi connectivity index (χ0) is 18.8. The quantitative estimate of drug-likeness (QED) is 0.499. The SMILES string of the molecule is Cc1cccc2c(NCCCN(C)C)nc(-c3c[nH]c4ccccc34)nc12. The molecule has 0 amide bonds. The zero-order valence-electron chi connectivity index (χ0n) is 16.1. The van der Waals surface area contributed by atoms with E-state index in [1.165, 1.54) is 0 Å². The summed E-state index contributed by atoms with van der Waals surface area (Å²) >= 11 is 0.